The van der Waals surface area contributed by atoms with Crippen molar-refractivity contribution >= 4 is 0 Å². The highest BCUT2D eigenvalue weighted by molar-refractivity contribution is 5.07. The molecule has 1 aliphatic carbocycles. The summed E-state index contributed by atoms with van der Waals surface area (Å²) in [5, 5.41) is 89.2. The van der Waals surface area contributed by atoms with Crippen molar-refractivity contribution < 1.29 is 55.1 Å². The molecular weight excluding hydrogens is 494 g/mol. The van der Waals surface area contributed by atoms with Crippen molar-refractivity contribution in [1.82, 2.24) is 10.6 Å². The van der Waals surface area contributed by atoms with E-state index in [1.807, 2.05) is 6.92 Å². The predicted octanol–water partition coefficient (Wildman–Crippen LogP) is -5.29. The van der Waals surface area contributed by atoms with E-state index in [0.717, 1.165) is 0 Å². The summed E-state index contributed by atoms with van der Waals surface area (Å²) in [7, 11) is 0. The highest BCUT2D eigenvalue weighted by Crippen LogP contribution is 2.37. The highest BCUT2D eigenvalue weighted by Gasteiger charge is 2.55. The minimum Gasteiger partial charge on any atom is -0.395 e. The van der Waals surface area contributed by atoms with Crippen LogP contribution in [0, 0.1) is 5.92 Å². The lowest BCUT2D eigenvalue weighted by atomic mass is 9.72. The third-order valence-corrected chi connectivity index (χ3v) is 7.58. The van der Waals surface area contributed by atoms with Gasteiger partial charge < -0.3 is 71.4 Å². The van der Waals surface area contributed by atoms with E-state index in [4.69, 9.17) is 19.9 Å². The lowest BCUT2D eigenvalue weighted by Crippen LogP contribution is -2.70. The van der Waals surface area contributed by atoms with Crippen molar-refractivity contribution in [3.8, 4) is 0 Å². The van der Waals surface area contributed by atoms with Crippen LogP contribution in [0.4, 0.5) is 0 Å². The fraction of sp³-hybridized carbons (Fsp3) is 1.00. The van der Waals surface area contributed by atoms with E-state index < -0.39 is 98.0 Å². The molecule has 0 radical (unpaired) electrons. The Morgan fingerprint density at radius 2 is 1.73 bits per heavy atom. The third kappa shape index (κ3) is 7.15. The maximum Gasteiger partial charge on any atom is 0.184 e. The van der Waals surface area contributed by atoms with Crippen LogP contribution in [0.15, 0.2) is 0 Å². The first-order valence-corrected chi connectivity index (χ1v) is 12.9. The largest absolute Gasteiger partial charge is 0.395 e. The summed E-state index contributed by atoms with van der Waals surface area (Å²) >= 11 is 0. The van der Waals surface area contributed by atoms with E-state index in [1.165, 1.54) is 6.92 Å². The molecule has 3 aliphatic rings. The number of hydrogen-bond acceptors (Lipinski definition) is 14. The summed E-state index contributed by atoms with van der Waals surface area (Å²) in [5.41, 5.74) is 5.19. The van der Waals surface area contributed by atoms with Gasteiger partial charge in [0.15, 0.2) is 6.29 Å². The smallest absolute Gasteiger partial charge is 0.184 e. The number of rotatable bonds is 10. The summed E-state index contributed by atoms with van der Waals surface area (Å²) in [6.07, 6.45) is -11.3. The van der Waals surface area contributed by atoms with E-state index in [9.17, 15) is 40.9 Å². The summed E-state index contributed by atoms with van der Waals surface area (Å²) < 4.78 is 17.5. The Labute approximate surface area is 216 Å². The van der Waals surface area contributed by atoms with Gasteiger partial charge >= 0.3 is 0 Å². The van der Waals surface area contributed by atoms with Gasteiger partial charge in [-0.2, -0.15) is 0 Å². The van der Waals surface area contributed by atoms with Gasteiger partial charge in [0.25, 0.3) is 0 Å². The van der Waals surface area contributed by atoms with E-state index in [-0.39, 0.29) is 26.0 Å². The lowest BCUT2D eigenvalue weighted by molar-refractivity contribution is -0.297. The highest BCUT2D eigenvalue weighted by atomic mass is 16.7. The third-order valence-electron chi connectivity index (χ3n) is 7.58. The second kappa shape index (κ2) is 13.2. The number of ether oxygens (including phenoxy) is 3. The molecule has 1 saturated carbocycles. The number of nitrogens with two attached hydrogens (primary N) is 1. The Balaban J connectivity index is 1.85. The standard InChI is InChI=1S/C23H45N3O11/c1-3-25-6-14-16(30)18(32)19(33)21(36-14)15-11(24)4-12(26-10(7-27)8-28)20(17(15)31)37-22-13(29)5-23(2,34)9-35-22/h10-22,25-34H,3-9,24H2,1-2H3/t11-,12+,13+,14+,15?,16+,17-,18-,19+,20-,21+,22+,23+/m0/s1. The van der Waals surface area contributed by atoms with Crippen LogP contribution in [-0.2, 0) is 14.2 Å². The minimum atomic E-state index is -1.56. The minimum absolute atomic E-state index is 0.0297. The van der Waals surface area contributed by atoms with Crippen LogP contribution in [0.5, 0.6) is 0 Å². The lowest BCUT2D eigenvalue weighted by Gasteiger charge is -2.52. The molecule has 0 aromatic rings. The molecule has 12 N–H and O–H groups in total. The second-order valence-electron chi connectivity index (χ2n) is 10.8. The van der Waals surface area contributed by atoms with Crippen LogP contribution in [0.25, 0.3) is 0 Å². The molecule has 14 heteroatoms. The Hall–Kier alpha value is -0.560. The molecule has 2 saturated heterocycles. The molecule has 0 aromatic carbocycles. The van der Waals surface area contributed by atoms with Crippen LogP contribution in [0.1, 0.15) is 26.7 Å². The van der Waals surface area contributed by atoms with Crippen LogP contribution in [0.3, 0.4) is 0 Å². The van der Waals surface area contributed by atoms with Crippen LogP contribution >= 0.6 is 0 Å². The van der Waals surface area contributed by atoms with Crippen molar-refractivity contribution in [1.29, 1.82) is 0 Å². The Kier molecular flexibility index (Phi) is 11.0. The van der Waals surface area contributed by atoms with Gasteiger partial charge in [0, 0.05) is 31.0 Å². The normalized spacial score (nSPS) is 47.4. The Bertz CT molecular complexity index is 703. The van der Waals surface area contributed by atoms with Crippen LogP contribution < -0.4 is 16.4 Å². The molecule has 13 atom stereocenters. The molecule has 0 spiro atoms. The van der Waals surface area contributed by atoms with Gasteiger partial charge in [-0.25, -0.2) is 0 Å². The molecule has 3 fully saturated rings. The average Bonchev–Trinajstić information content (AvgIpc) is 2.84. The zero-order valence-corrected chi connectivity index (χ0v) is 21.3. The summed E-state index contributed by atoms with van der Waals surface area (Å²) in [6.45, 7) is 3.23. The first-order chi connectivity index (χ1) is 17.4. The number of nitrogens with one attached hydrogen (secondary N) is 2. The van der Waals surface area contributed by atoms with Crippen molar-refractivity contribution in [3.05, 3.63) is 0 Å². The average molecular weight is 540 g/mol. The predicted molar refractivity (Wildman–Crippen MR) is 128 cm³/mol. The molecule has 1 unspecified atom stereocenters. The second-order valence-corrected chi connectivity index (χ2v) is 10.8. The van der Waals surface area contributed by atoms with Gasteiger partial charge in [0.2, 0.25) is 0 Å². The molecule has 0 aromatic heterocycles. The topological polar surface area (TPSA) is 240 Å². The van der Waals surface area contributed by atoms with Gasteiger partial charge in [-0.05, 0) is 19.9 Å². The first kappa shape index (κ1) is 31.0. The van der Waals surface area contributed by atoms with E-state index in [0.29, 0.717) is 6.54 Å². The number of aliphatic hydroxyl groups is 8. The maximum absolute atomic E-state index is 11.5. The van der Waals surface area contributed by atoms with Crippen LogP contribution in [-0.4, -0.2) is 153 Å². The Morgan fingerprint density at radius 1 is 1.05 bits per heavy atom. The van der Waals surface area contributed by atoms with Crippen molar-refractivity contribution in [2.75, 3.05) is 32.9 Å². The van der Waals surface area contributed by atoms with Crippen molar-refractivity contribution in [2.24, 2.45) is 11.7 Å². The van der Waals surface area contributed by atoms with E-state index in [1.54, 1.807) is 0 Å². The molecule has 14 nitrogen and oxygen atoms in total. The molecule has 0 bridgehead atoms. The summed E-state index contributed by atoms with van der Waals surface area (Å²) in [5.74, 6) is -0.963. The zero-order valence-electron chi connectivity index (χ0n) is 21.3. The van der Waals surface area contributed by atoms with Crippen molar-refractivity contribution in [2.45, 2.75) is 106 Å². The van der Waals surface area contributed by atoms with E-state index >= 15 is 0 Å². The molecular formula is C23H45N3O11. The fourth-order valence-electron chi connectivity index (χ4n) is 5.55. The van der Waals surface area contributed by atoms with Gasteiger partial charge in [-0.3, -0.25) is 0 Å². The van der Waals surface area contributed by atoms with E-state index in [2.05, 4.69) is 10.6 Å². The van der Waals surface area contributed by atoms with Gasteiger partial charge in [0.05, 0.1) is 49.8 Å². The number of likely N-dealkylation sites (N-methyl/N-ethyl adjacent to an activating group) is 1. The number of hydrogen-bond donors (Lipinski definition) is 11. The quantitative estimate of drug-likeness (QED) is 0.124. The number of aliphatic hydroxyl groups excluding tert-OH is 7. The fourth-order valence-corrected chi connectivity index (χ4v) is 5.55. The molecule has 0 amide bonds. The van der Waals surface area contributed by atoms with Gasteiger partial charge in [-0.15, -0.1) is 0 Å². The molecule has 3 rings (SSSR count). The molecule has 2 heterocycles. The molecule has 37 heavy (non-hydrogen) atoms. The monoisotopic (exact) mass is 539 g/mol. The van der Waals surface area contributed by atoms with Crippen LogP contribution in [0.2, 0.25) is 0 Å². The summed E-state index contributed by atoms with van der Waals surface area (Å²) in [6, 6.07) is -2.24. The summed E-state index contributed by atoms with van der Waals surface area (Å²) in [4.78, 5) is 0. The van der Waals surface area contributed by atoms with Crippen molar-refractivity contribution in [3.63, 3.8) is 0 Å². The van der Waals surface area contributed by atoms with Gasteiger partial charge in [-0.1, -0.05) is 6.92 Å². The maximum atomic E-state index is 11.5. The molecule has 218 valence electrons. The zero-order chi connectivity index (χ0) is 27.5. The first-order valence-electron chi connectivity index (χ1n) is 12.9. The SMILES string of the molecule is CCNC[C@H]1O[C@H](C2[C@@H](N)C[C@@H](NC(CO)CO)[C@H](O[C@H]3OC[C@](C)(O)C[C@H]3O)[C@H]2O)[C@H](O)[C@@H](O)[C@@H]1O. The van der Waals surface area contributed by atoms with Gasteiger partial charge in [0.1, 0.15) is 30.5 Å². The molecule has 2 aliphatic heterocycles. The Morgan fingerprint density at radius 3 is 2.32 bits per heavy atom.